The highest BCUT2D eigenvalue weighted by Gasteiger charge is 2.31. The quantitative estimate of drug-likeness (QED) is 0.813. The smallest absolute Gasteiger partial charge is 0.179 e. The fourth-order valence-electron chi connectivity index (χ4n) is 2.57. The Morgan fingerprint density at radius 1 is 1.40 bits per heavy atom. The van der Waals surface area contributed by atoms with Gasteiger partial charge in [-0.05, 0) is 19.4 Å². The van der Waals surface area contributed by atoms with Gasteiger partial charge in [0.2, 0.25) is 0 Å². The predicted octanol–water partition coefficient (Wildman–Crippen LogP) is 2.54. The third-order valence-corrected chi connectivity index (χ3v) is 5.54. The highest BCUT2D eigenvalue weighted by molar-refractivity contribution is 7.86. The monoisotopic (exact) mass is 292 g/mol. The van der Waals surface area contributed by atoms with Gasteiger partial charge in [-0.2, -0.15) is 0 Å². The van der Waals surface area contributed by atoms with E-state index in [1.54, 1.807) is 0 Å². The Morgan fingerprint density at radius 3 is 2.95 bits per heavy atom. The summed E-state index contributed by atoms with van der Waals surface area (Å²) in [6.07, 6.45) is 2.18. The van der Waals surface area contributed by atoms with E-state index >= 15 is 0 Å². The van der Waals surface area contributed by atoms with Crippen molar-refractivity contribution in [3.8, 4) is 0 Å². The fourth-order valence-corrected chi connectivity index (χ4v) is 4.06. The highest BCUT2D eigenvalue weighted by atomic mass is 32.2. The van der Waals surface area contributed by atoms with Gasteiger partial charge in [-0.25, -0.2) is 0 Å². The normalized spacial score (nSPS) is 24.1. The molecule has 0 radical (unpaired) electrons. The van der Waals surface area contributed by atoms with E-state index in [1.165, 1.54) is 6.26 Å². The average Bonchev–Trinajstić information content (AvgIpc) is 3.04. The molecule has 106 valence electrons. The zero-order chi connectivity index (χ0) is 14.1. The van der Waals surface area contributed by atoms with Crippen molar-refractivity contribution in [2.24, 2.45) is 0 Å². The molecule has 1 aliphatic heterocycles. The van der Waals surface area contributed by atoms with E-state index in [0.29, 0.717) is 17.8 Å². The number of rotatable bonds is 4. The molecular weight excluding hydrogens is 276 g/mol. The molecule has 0 saturated carbocycles. The largest absolute Gasteiger partial charge is 0.464 e. The Morgan fingerprint density at radius 2 is 2.20 bits per heavy atom. The van der Waals surface area contributed by atoms with Crippen LogP contribution < -0.4 is 0 Å². The lowest BCUT2D eigenvalue weighted by Crippen LogP contribution is -2.27. The molecule has 1 aromatic carbocycles. The van der Waals surface area contributed by atoms with Gasteiger partial charge < -0.3 is 9.15 Å². The lowest BCUT2D eigenvalue weighted by atomic mass is 10.1. The van der Waals surface area contributed by atoms with E-state index in [2.05, 4.69) is 0 Å². The minimum absolute atomic E-state index is 0.0297. The van der Waals surface area contributed by atoms with Crippen LogP contribution in [0.15, 0.2) is 34.9 Å². The van der Waals surface area contributed by atoms with E-state index < -0.39 is 10.8 Å². The van der Waals surface area contributed by atoms with Gasteiger partial charge in [-0.1, -0.05) is 18.2 Å². The van der Waals surface area contributed by atoms with Gasteiger partial charge in [-0.3, -0.25) is 9.00 Å². The molecule has 1 fully saturated rings. The Labute approximate surface area is 119 Å². The van der Waals surface area contributed by atoms with Crippen LogP contribution >= 0.6 is 0 Å². The summed E-state index contributed by atoms with van der Waals surface area (Å²) in [5.74, 6) is -0.102. The number of ether oxygens (including phenoxy) is 1. The Hall–Kier alpha value is -1.46. The van der Waals surface area contributed by atoms with Crippen LogP contribution in [0.1, 0.15) is 23.7 Å². The zero-order valence-electron chi connectivity index (χ0n) is 11.2. The molecule has 0 spiro atoms. The standard InChI is InChI=1S/C15H16O4S/c1-10-15(6-7-18-10)20(17)9-13(16)12-8-19-14-5-3-2-4-11(12)14/h2-5,8,10,15H,6-7,9H2,1H3. The molecule has 0 N–H and O–H groups in total. The summed E-state index contributed by atoms with van der Waals surface area (Å²) in [7, 11) is -1.20. The van der Waals surface area contributed by atoms with Crippen molar-refractivity contribution < 1.29 is 18.2 Å². The van der Waals surface area contributed by atoms with Gasteiger partial charge in [-0.15, -0.1) is 0 Å². The van der Waals surface area contributed by atoms with Crippen molar-refractivity contribution in [2.45, 2.75) is 24.7 Å². The van der Waals surface area contributed by atoms with E-state index in [4.69, 9.17) is 9.15 Å². The number of hydrogen-bond donors (Lipinski definition) is 0. The molecule has 3 unspecified atom stereocenters. The van der Waals surface area contributed by atoms with E-state index in [1.807, 2.05) is 31.2 Å². The van der Waals surface area contributed by atoms with Gasteiger partial charge in [0.25, 0.3) is 0 Å². The molecule has 5 heteroatoms. The summed E-state index contributed by atoms with van der Waals surface area (Å²) >= 11 is 0. The first kappa shape index (κ1) is 13.5. The minimum Gasteiger partial charge on any atom is -0.464 e. The summed E-state index contributed by atoms with van der Waals surface area (Å²) in [5.41, 5.74) is 1.19. The average molecular weight is 292 g/mol. The maximum Gasteiger partial charge on any atom is 0.179 e. The first-order valence-electron chi connectivity index (χ1n) is 6.65. The lowest BCUT2D eigenvalue weighted by molar-refractivity contribution is 0.102. The number of hydrogen-bond acceptors (Lipinski definition) is 4. The summed E-state index contributed by atoms with van der Waals surface area (Å²) in [4.78, 5) is 12.3. The number of carbonyl (C=O) groups is 1. The maximum absolute atomic E-state index is 12.3. The van der Waals surface area contributed by atoms with Crippen LogP contribution in [-0.2, 0) is 15.5 Å². The molecule has 1 aliphatic rings. The third kappa shape index (κ3) is 2.43. The molecule has 1 aromatic heterocycles. The van der Waals surface area contributed by atoms with Crippen LogP contribution in [0.4, 0.5) is 0 Å². The number of furan rings is 1. The molecular formula is C15H16O4S. The van der Waals surface area contributed by atoms with Crippen LogP contribution in [0.5, 0.6) is 0 Å². The number of benzene rings is 1. The first-order chi connectivity index (χ1) is 9.66. The summed E-state index contributed by atoms with van der Waals surface area (Å²) in [5, 5.41) is 0.738. The Kier molecular flexibility index (Phi) is 3.72. The molecule has 4 nitrogen and oxygen atoms in total. The fraction of sp³-hybridized carbons (Fsp3) is 0.400. The first-order valence-corrected chi connectivity index (χ1v) is 8.03. The SMILES string of the molecule is CC1OCCC1S(=O)CC(=O)c1coc2ccccc12. The Balaban J connectivity index is 1.78. The molecule has 3 rings (SSSR count). The lowest BCUT2D eigenvalue weighted by Gasteiger charge is -2.12. The molecule has 20 heavy (non-hydrogen) atoms. The minimum atomic E-state index is -1.20. The topological polar surface area (TPSA) is 56.5 Å². The second-order valence-electron chi connectivity index (χ2n) is 5.00. The molecule has 2 aromatic rings. The van der Waals surface area contributed by atoms with Gasteiger partial charge in [0.15, 0.2) is 5.78 Å². The number of Topliss-reactive ketones (excluding diaryl/α,β-unsaturated/α-hetero) is 1. The summed E-state index contributed by atoms with van der Waals surface area (Å²) in [6.45, 7) is 2.54. The summed E-state index contributed by atoms with van der Waals surface area (Å²) in [6, 6.07) is 7.38. The number of carbonyl (C=O) groups excluding carboxylic acids is 1. The van der Waals surface area contributed by atoms with Crippen molar-refractivity contribution in [1.29, 1.82) is 0 Å². The molecule has 0 amide bonds. The van der Waals surface area contributed by atoms with Gasteiger partial charge in [0.05, 0.1) is 22.7 Å². The van der Waals surface area contributed by atoms with Crippen molar-refractivity contribution in [1.82, 2.24) is 0 Å². The molecule has 3 atom stereocenters. The number of para-hydroxylation sites is 1. The Bertz CT molecular complexity index is 661. The number of ketones is 1. The van der Waals surface area contributed by atoms with Crippen molar-refractivity contribution in [2.75, 3.05) is 12.4 Å². The van der Waals surface area contributed by atoms with Crippen LogP contribution in [0.2, 0.25) is 0 Å². The van der Waals surface area contributed by atoms with Gasteiger partial charge in [0.1, 0.15) is 11.8 Å². The van der Waals surface area contributed by atoms with E-state index in [0.717, 1.165) is 11.8 Å². The number of fused-ring (bicyclic) bond motifs is 1. The van der Waals surface area contributed by atoms with Crippen molar-refractivity contribution in [3.05, 3.63) is 36.1 Å². The van der Waals surface area contributed by atoms with Crippen LogP contribution in [0, 0.1) is 0 Å². The van der Waals surface area contributed by atoms with Crippen LogP contribution in [0.3, 0.4) is 0 Å². The summed E-state index contributed by atoms with van der Waals surface area (Å²) < 4.78 is 23.0. The van der Waals surface area contributed by atoms with E-state index in [-0.39, 0.29) is 22.9 Å². The van der Waals surface area contributed by atoms with Crippen LogP contribution in [-0.4, -0.2) is 33.7 Å². The highest BCUT2D eigenvalue weighted by Crippen LogP contribution is 2.23. The molecule has 0 bridgehead atoms. The van der Waals surface area contributed by atoms with Crippen molar-refractivity contribution in [3.63, 3.8) is 0 Å². The predicted molar refractivity (Wildman–Crippen MR) is 77.4 cm³/mol. The van der Waals surface area contributed by atoms with E-state index in [9.17, 15) is 9.00 Å². The second-order valence-corrected chi connectivity index (χ2v) is 6.65. The van der Waals surface area contributed by atoms with Gasteiger partial charge >= 0.3 is 0 Å². The third-order valence-electron chi connectivity index (χ3n) is 3.70. The van der Waals surface area contributed by atoms with Crippen molar-refractivity contribution >= 4 is 27.6 Å². The zero-order valence-corrected chi connectivity index (χ0v) is 12.0. The second kappa shape index (κ2) is 5.50. The van der Waals surface area contributed by atoms with Crippen LogP contribution in [0.25, 0.3) is 11.0 Å². The molecule has 2 heterocycles. The van der Waals surface area contributed by atoms with Gasteiger partial charge in [0, 0.05) is 22.8 Å². The molecule has 1 saturated heterocycles. The maximum atomic E-state index is 12.3. The molecule has 0 aliphatic carbocycles.